The number of ether oxygens (including phenoxy) is 2. The fourth-order valence-electron chi connectivity index (χ4n) is 6.01. The van der Waals surface area contributed by atoms with E-state index in [0.29, 0.717) is 12.1 Å². The molecule has 4 rings (SSSR count). The number of benzene rings is 1. The minimum Gasteiger partial charge on any atom is -0.444 e. The van der Waals surface area contributed by atoms with Crippen LogP contribution in [-0.4, -0.2) is 83.4 Å². The standard InChI is InChI=1S/C27H42BrN3O3/c1-7-33-23-17-20-16-21(28)8-9-22(20)24(23)31-15-14-30(18-19(31)2)27(6)10-12-29(13-11-27)25(32)34-26(3,4)5/h8-9,16,19,23-24H,7,10-15,17-18H2,1-6H3/t19-,23-,24+/m0/s1. The number of rotatable bonds is 4. The lowest BCUT2D eigenvalue weighted by Crippen LogP contribution is -2.63. The third-order valence-corrected chi connectivity index (χ3v) is 8.36. The number of halogens is 1. The second kappa shape index (κ2) is 10.1. The average molecular weight is 537 g/mol. The lowest BCUT2D eigenvalue weighted by atomic mass is 9.86. The lowest BCUT2D eigenvalue weighted by molar-refractivity contribution is -0.0652. The summed E-state index contributed by atoms with van der Waals surface area (Å²) in [5, 5.41) is 0. The monoisotopic (exact) mass is 535 g/mol. The summed E-state index contributed by atoms with van der Waals surface area (Å²) in [5.74, 6) is 0. The van der Waals surface area contributed by atoms with Crippen LogP contribution in [0.25, 0.3) is 0 Å². The zero-order valence-corrected chi connectivity index (χ0v) is 23.4. The molecule has 1 amide bonds. The largest absolute Gasteiger partial charge is 0.444 e. The maximum atomic E-state index is 12.5. The van der Waals surface area contributed by atoms with Crippen molar-refractivity contribution in [1.82, 2.24) is 14.7 Å². The van der Waals surface area contributed by atoms with Crippen LogP contribution < -0.4 is 0 Å². The van der Waals surface area contributed by atoms with Crippen LogP contribution in [0.2, 0.25) is 0 Å². The summed E-state index contributed by atoms with van der Waals surface area (Å²) >= 11 is 3.64. The number of nitrogens with zero attached hydrogens (tertiary/aromatic N) is 3. The van der Waals surface area contributed by atoms with Crippen molar-refractivity contribution >= 4 is 22.0 Å². The Balaban J connectivity index is 1.40. The van der Waals surface area contributed by atoms with Gasteiger partial charge in [-0.25, -0.2) is 4.79 Å². The highest BCUT2D eigenvalue weighted by Gasteiger charge is 2.44. The number of carbonyl (C=O) groups is 1. The van der Waals surface area contributed by atoms with E-state index in [2.05, 4.69) is 64.7 Å². The van der Waals surface area contributed by atoms with E-state index >= 15 is 0 Å². The SMILES string of the molecule is CCO[C@H]1Cc2cc(Br)ccc2[C@H]1N1CCN(C2(C)CCN(C(=O)OC(C)(C)C)CC2)C[C@@H]1C. The van der Waals surface area contributed by atoms with Crippen LogP contribution in [0.5, 0.6) is 0 Å². The Hall–Kier alpha value is -1.15. The number of carbonyl (C=O) groups excluding carboxylic acids is 1. The third-order valence-electron chi connectivity index (χ3n) is 7.87. The molecule has 1 aliphatic carbocycles. The van der Waals surface area contributed by atoms with Gasteiger partial charge in [-0.15, -0.1) is 0 Å². The van der Waals surface area contributed by atoms with Crippen LogP contribution in [0.3, 0.4) is 0 Å². The highest BCUT2D eigenvalue weighted by atomic mass is 79.9. The molecular formula is C27H42BrN3O3. The molecule has 2 heterocycles. The fourth-order valence-corrected chi connectivity index (χ4v) is 6.42. The van der Waals surface area contributed by atoms with Gasteiger partial charge < -0.3 is 14.4 Å². The normalized spacial score (nSPS) is 28.1. The summed E-state index contributed by atoms with van der Waals surface area (Å²) in [6.07, 6.45) is 3.00. The van der Waals surface area contributed by atoms with Crippen molar-refractivity contribution in [2.45, 2.75) is 90.1 Å². The van der Waals surface area contributed by atoms with E-state index in [4.69, 9.17) is 9.47 Å². The Morgan fingerprint density at radius 3 is 2.50 bits per heavy atom. The molecule has 2 aliphatic heterocycles. The number of piperazine rings is 1. The molecule has 0 unspecified atom stereocenters. The first-order valence-corrected chi connectivity index (χ1v) is 13.7. The molecule has 3 atom stereocenters. The minimum atomic E-state index is -0.447. The van der Waals surface area contributed by atoms with Gasteiger partial charge in [0.15, 0.2) is 0 Å². The quantitative estimate of drug-likeness (QED) is 0.526. The number of likely N-dealkylation sites (tertiary alicyclic amines) is 1. The molecule has 0 saturated carbocycles. The van der Waals surface area contributed by atoms with Crippen LogP contribution in [0, 0.1) is 0 Å². The van der Waals surface area contributed by atoms with E-state index in [9.17, 15) is 4.79 Å². The lowest BCUT2D eigenvalue weighted by Gasteiger charge is -2.53. The summed E-state index contributed by atoms with van der Waals surface area (Å²) in [6.45, 7) is 18.0. The number of amides is 1. The summed E-state index contributed by atoms with van der Waals surface area (Å²) in [6, 6.07) is 7.48. The predicted molar refractivity (Wildman–Crippen MR) is 139 cm³/mol. The van der Waals surface area contributed by atoms with Gasteiger partial charge in [0.25, 0.3) is 0 Å². The maximum absolute atomic E-state index is 12.5. The van der Waals surface area contributed by atoms with E-state index in [-0.39, 0.29) is 17.7 Å². The van der Waals surface area contributed by atoms with Gasteiger partial charge in [-0.1, -0.05) is 22.0 Å². The molecule has 2 fully saturated rings. The van der Waals surface area contributed by atoms with Crippen LogP contribution in [0.1, 0.15) is 71.6 Å². The van der Waals surface area contributed by atoms with Gasteiger partial charge in [0.05, 0.1) is 12.1 Å². The first-order valence-electron chi connectivity index (χ1n) is 12.9. The van der Waals surface area contributed by atoms with Gasteiger partial charge in [-0.2, -0.15) is 0 Å². The number of hydrogen-bond donors (Lipinski definition) is 0. The Labute approximate surface area is 214 Å². The van der Waals surface area contributed by atoms with E-state index in [1.807, 2.05) is 25.7 Å². The van der Waals surface area contributed by atoms with Crippen LogP contribution in [-0.2, 0) is 15.9 Å². The first kappa shape index (κ1) is 25.9. The smallest absolute Gasteiger partial charge is 0.410 e. The van der Waals surface area contributed by atoms with Gasteiger partial charge in [0, 0.05) is 61.8 Å². The van der Waals surface area contributed by atoms with Crippen molar-refractivity contribution in [3.05, 3.63) is 33.8 Å². The Morgan fingerprint density at radius 2 is 1.88 bits per heavy atom. The summed E-state index contributed by atoms with van der Waals surface area (Å²) in [7, 11) is 0. The summed E-state index contributed by atoms with van der Waals surface area (Å²) < 4.78 is 13.0. The van der Waals surface area contributed by atoms with Crippen molar-refractivity contribution in [2.24, 2.45) is 0 Å². The molecule has 34 heavy (non-hydrogen) atoms. The van der Waals surface area contributed by atoms with Crippen molar-refractivity contribution in [1.29, 1.82) is 0 Å². The molecule has 6 nitrogen and oxygen atoms in total. The van der Waals surface area contributed by atoms with Crippen molar-refractivity contribution in [2.75, 3.05) is 39.3 Å². The molecule has 0 spiro atoms. The van der Waals surface area contributed by atoms with Gasteiger partial charge in [-0.05, 0) is 77.6 Å². The molecule has 1 aromatic carbocycles. The van der Waals surface area contributed by atoms with Crippen LogP contribution >= 0.6 is 15.9 Å². The second-order valence-electron chi connectivity index (χ2n) is 11.5. The minimum absolute atomic E-state index is 0.122. The molecule has 190 valence electrons. The van der Waals surface area contributed by atoms with Crippen molar-refractivity contribution < 1.29 is 14.3 Å². The first-order chi connectivity index (χ1) is 16.0. The van der Waals surface area contributed by atoms with Crippen molar-refractivity contribution in [3.63, 3.8) is 0 Å². The molecule has 7 heteroatoms. The zero-order chi connectivity index (χ0) is 24.7. The molecule has 3 aliphatic rings. The Morgan fingerprint density at radius 1 is 1.18 bits per heavy atom. The number of fused-ring (bicyclic) bond motifs is 1. The zero-order valence-electron chi connectivity index (χ0n) is 21.8. The molecule has 2 saturated heterocycles. The molecule has 0 aromatic heterocycles. The van der Waals surface area contributed by atoms with E-state index in [0.717, 1.165) is 63.1 Å². The Kier molecular flexibility index (Phi) is 7.68. The van der Waals surface area contributed by atoms with Gasteiger partial charge in [0.2, 0.25) is 0 Å². The van der Waals surface area contributed by atoms with Crippen molar-refractivity contribution in [3.8, 4) is 0 Å². The fraction of sp³-hybridized carbons (Fsp3) is 0.741. The van der Waals surface area contributed by atoms with Crippen LogP contribution in [0.15, 0.2) is 22.7 Å². The van der Waals surface area contributed by atoms with Gasteiger partial charge >= 0.3 is 6.09 Å². The highest BCUT2D eigenvalue weighted by molar-refractivity contribution is 9.10. The van der Waals surface area contributed by atoms with Gasteiger partial charge in [0.1, 0.15) is 5.60 Å². The maximum Gasteiger partial charge on any atom is 0.410 e. The van der Waals surface area contributed by atoms with E-state index < -0.39 is 5.60 Å². The molecule has 0 radical (unpaired) electrons. The molecule has 0 bridgehead atoms. The third kappa shape index (κ3) is 5.48. The topological polar surface area (TPSA) is 45.2 Å². The van der Waals surface area contributed by atoms with E-state index in [1.165, 1.54) is 11.1 Å². The summed E-state index contributed by atoms with van der Waals surface area (Å²) in [4.78, 5) is 19.7. The Bertz CT molecular complexity index is 878. The second-order valence-corrected chi connectivity index (χ2v) is 12.4. The summed E-state index contributed by atoms with van der Waals surface area (Å²) in [5.41, 5.74) is 2.52. The molecular weight excluding hydrogens is 494 g/mol. The molecule has 1 aromatic rings. The van der Waals surface area contributed by atoms with Crippen LogP contribution in [0.4, 0.5) is 4.79 Å². The number of hydrogen-bond acceptors (Lipinski definition) is 5. The highest BCUT2D eigenvalue weighted by Crippen LogP contribution is 2.41. The predicted octanol–water partition coefficient (Wildman–Crippen LogP) is 5.25. The van der Waals surface area contributed by atoms with E-state index in [1.54, 1.807) is 0 Å². The van der Waals surface area contributed by atoms with Gasteiger partial charge in [-0.3, -0.25) is 9.80 Å². The average Bonchev–Trinajstić information content (AvgIpc) is 3.10. The number of piperidine rings is 1. The molecule has 0 N–H and O–H groups in total.